The Balaban J connectivity index is 1.92. The van der Waals surface area contributed by atoms with Crippen LogP contribution in [0.1, 0.15) is 12.8 Å². The summed E-state index contributed by atoms with van der Waals surface area (Å²) < 4.78 is 15.8. The molecule has 2 atom stereocenters. The van der Waals surface area contributed by atoms with Gasteiger partial charge in [0.25, 0.3) is 0 Å². The molecule has 110 valence electrons. The standard InChI is InChI=1S/C14H19NO5/c1-18-11-5-9(6-12(7-11)19-2)15-8-10-3-4-13(20-10)14(16)17/h5-7,10,13,15H,3-4,8H2,1-2H3,(H,16,17). The minimum Gasteiger partial charge on any atom is -0.497 e. The van der Waals surface area contributed by atoms with E-state index in [9.17, 15) is 4.79 Å². The van der Waals surface area contributed by atoms with Crippen molar-refractivity contribution >= 4 is 11.7 Å². The van der Waals surface area contributed by atoms with Crippen LogP contribution in [0.2, 0.25) is 0 Å². The lowest BCUT2D eigenvalue weighted by molar-refractivity contribution is -0.149. The lowest BCUT2D eigenvalue weighted by Gasteiger charge is -2.14. The topological polar surface area (TPSA) is 77.0 Å². The van der Waals surface area contributed by atoms with E-state index < -0.39 is 12.1 Å². The van der Waals surface area contributed by atoms with E-state index in [0.29, 0.717) is 24.5 Å². The van der Waals surface area contributed by atoms with Crippen LogP contribution in [-0.4, -0.2) is 44.0 Å². The van der Waals surface area contributed by atoms with Crippen LogP contribution in [0.25, 0.3) is 0 Å². The zero-order chi connectivity index (χ0) is 14.5. The number of rotatable bonds is 6. The summed E-state index contributed by atoms with van der Waals surface area (Å²) in [4.78, 5) is 10.8. The van der Waals surface area contributed by atoms with Crippen LogP contribution in [0.15, 0.2) is 18.2 Å². The molecular weight excluding hydrogens is 262 g/mol. The number of methoxy groups -OCH3 is 2. The van der Waals surface area contributed by atoms with Gasteiger partial charge < -0.3 is 24.6 Å². The summed E-state index contributed by atoms with van der Waals surface area (Å²) in [6.07, 6.45) is 0.531. The van der Waals surface area contributed by atoms with Crippen molar-refractivity contribution in [2.24, 2.45) is 0 Å². The molecule has 1 aliphatic heterocycles. The number of aliphatic carboxylic acids is 1. The fourth-order valence-corrected chi connectivity index (χ4v) is 2.18. The third-order valence-corrected chi connectivity index (χ3v) is 3.27. The van der Waals surface area contributed by atoms with E-state index in [4.69, 9.17) is 19.3 Å². The molecule has 6 heteroatoms. The fraction of sp³-hybridized carbons (Fsp3) is 0.500. The van der Waals surface area contributed by atoms with E-state index in [1.807, 2.05) is 12.1 Å². The second kappa shape index (κ2) is 6.47. The monoisotopic (exact) mass is 281 g/mol. The zero-order valence-corrected chi connectivity index (χ0v) is 11.6. The lowest BCUT2D eigenvalue weighted by Crippen LogP contribution is -2.24. The first-order valence-corrected chi connectivity index (χ1v) is 6.47. The Labute approximate surface area is 117 Å². The number of carboxylic acids is 1. The number of benzene rings is 1. The first kappa shape index (κ1) is 14.5. The normalized spacial score (nSPS) is 21.5. The molecule has 1 fully saturated rings. The fourth-order valence-electron chi connectivity index (χ4n) is 2.18. The molecule has 1 aromatic rings. The van der Waals surface area contributed by atoms with Crippen molar-refractivity contribution in [2.45, 2.75) is 25.0 Å². The molecule has 0 aliphatic carbocycles. The number of anilines is 1. The Kier molecular flexibility index (Phi) is 4.68. The molecule has 0 radical (unpaired) electrons. The van der Waals surface area contributed by atoms with E-state index in [1.165, 1.54) is 0 Å². The number of hydrogen-bond acceptors (Lipinski definition) is 5. The van der Waals surface area contributed by atoms with Gasteiger partial charge in [-0.25, -0.2) is 4.79 Å². The first-order valence-electron chi connectivity index (χ1n) is 6.47. The second-order valence-corrected chi connectivity index (χ2v) is 4.64. The number of carboxylic acid groups (broad SMARTS) is 1. The summed E-state index contributed by atoms with van der Waals surface area (Å²) in [5, 5.41) is 12.1. The maximum atomic E-state index is 10.8. The maximum absolute atomic E-state index is 10.8. The summed E-state index contributed by atoms with van der Waals surface area (Å²) in [7, 11) is 3.19. The van der Waals surface area contributed by atoms with Gasteiger partial charge in [0.05, 0.1) is 20.3 Å². The third kappa shape index (κ3) is 3.54. The SMILES string of the molecule is COc1cc(NCC2CCC(C(=O)O)O2)cc(OC)c1. The number of ether oxygens (including phenoxy) is 3. The van der Waals surface area contributed by atoms with Crippen LogP contribution in [0.4, 0.5) is 5.69 Å². The Morgan fingerprint density at radius 3 is 2.45 bits per heavy atom. The van der Waals surface area contributed by atoms with Gasteiger partial charge in [0.15, 0.2) is 6.10 Å². The molecule has 0 saturated carbocycles. The molecule has 1 aromatic carbocycles. The maximum Gasteiger partial charge on any atom is 0.332 e. The predicted molar refractivity (Wildman–Crippen MR) is 73.6 cm³/mol. The van der Waals surface area contributed by atoms with E-state index in [2.05, 4.69) is 5.32 Å². The van der Waals surface area contributed by atoms with E-state index in [1.54, 1.807) is 20.3 Å². The Morgan fingerprint density at radius 2 is 1.95 bits per heavy atom. The van der Waals surface area contributed by atoms with Gasteiger partial charge in [-0.1, -0.05) is 0 Å². The highest BCUT2D eigenvalue weighted by Gasteiger charge is 2.30. The number of nitrogens with one attached hydrogen (secondary N) is 1. The van der Waals surface area contributed by atoms with Crippen molar-refractivity contribution < 1.29 is 24.1 Å². The third-order valence-electron chi connectivity index (χ3n) is 3.27. The van der Waals surface area contributed by atoms with Gasteiger partial charge in [0, 0.05) is 30.4 Å². The summed E-state index contributed by atoms with van der Waals surface area (Å²) in [5.41, 5.74) is 0.851. The van der Waals surface area contributed by atoms with Crippen molar-refractivity contribution in [1.82, 2.24) is 0 Å². The molecule has 0 aromatic heterocycles. The van der Waals surface area contributed by atoms with Crippen LogP contribution < -0.4 is 14.8 Å². The molecule has 0 bridgehead atoms. The van der Waals surface area contributed by atoms with Gasteiger partial charge in [-0.2, -0.15) is 0 Å². The predicted octanol–water partition coefficient (Wildman–Crippen LogP) is 1.75. The van der Waals surface area contributed by atoms with Crippen LogP contribution >= 0.6 is 0 Å². The molecule has 1 aliphatic rings. The molecule has 2 unspecified atom stereocenters. The van der Waals surface area contributed by atoms with Crippen molar-refractivity contribution in [3.8, 4) is 11.5 Å². The summed E-state index contributed by atoms with van der Waals surface area (Å²) >= 11 is 0. The molecule has 2 rings (SSSR count). The molecule has 1 heterocycles. The highest BCUT2D eigenvalue weighted by molar-refractivity contribution is 5.72. The molecule has 2 N–H and O–H groups in total. The minimum atomic E-state index is -0.893. The smallest absolute Gasteiger partial charge is 0.332 e. The van der Waals surface area contributed by atoms with Gasteiger partial charge in [-0.3, -0.25) is 0 Å². The second-order valence-electron chi connectivity index (χ2n) is 4.64. The highest BCUT2D eigenvalue weighted by atomic mass is 16.5. The Hall–Kier alpha value is -1.95. The van der Waals surface area contributed by atoms with Crippen molar-refractivity contribution in [3.63, 3.8) is 0 Å². The lowest BCUT2D eigenvalue weighted by atomic mass is 10.2. The number of carbonyl (C=O) groups is 1. The van der Waals surface area contributed by atoms with E-state index in [0.717, 1.165) is 12.1 Å². The summed E-state index contributed by atoms with van der Waals surface area (Å²) in [6, 6.07) is 5.50. The Bertz CT molecular complexity index is 454. The van der Waals surface area contributed by atoms with Gasteiger partial charge in [-0.15, -0.1) is 0 Å². The van der Waals surface area contributed by atoms with E-state index in [-0.39, 0.29) is 6.10 Å². The summed E-state index contributed by atoms with van der Waals surface area (Å²) in [6.45, 7) is 0.556. The first-order chi connectivity index (χ1) is 9.62. The molecule has 1 saturated heterocycles. The number of hydrogen-bond donors (Lipinski definition) is 2. The van der Waals surface area contributed by atoms with Gasteiger partial charge in [-0.05, 0) is 12.8 Å². The van der Waals surface area contributed by atoms with Gasteiger partial charge in [0.2, 0.25) is 0 Å². The van der Waals surface area contributed by atoms with Gasteiger partial charge in [0.1, 0.15) is 11.5 Å². The van der Waals surface area contributed by atoms with Crippen molar-refractivity contribution in [1.29, 1.82) is 0 Å². The molecule has 20 heavy (non-hydrogen) atoms. The van der Waals surface area contributed by atoms with Crippen LogP contribution in [-0.2, 0) is 9.53 Å². The van der Waals surface area contributed by atoms with Gasteiger partial charge >= 0.3 is 5.97 Å². The molecule has 6 nitrogen and oxygen atoms in total. The van der Waals surface area contributed by atoms with Crippen LogP contribution in [0.5, 0.6) is 11.5 Å². The van der Waals surface area contributed by atoms with Crippen molar-refractivity contribution in [2.75, 3.05) is 26.1 Å². The highest BCUT2D eigenvalue weighted by Crippen LogP contribution is 2.26. The molecule has 0 amide bonds. The minimum absolute atomic E-state index is 0.0895. The summed E-state index contributed by atoms with van der Waals surface area (Å²) in [5.74, 6) is 0.501. The largest absolute Gasteiger partial charge is 0.497 e. The molecular formula is C14H19NO5. The van der Waals surface area contributed by atoms with Crippen LogP contribution in [0, 0.1) is 0 Å². The molecule has 0 spiro atoms. The average molecular weight is 281 g/mol. The zero-order valence-electron chi connectivity index (χ0n) is 11.6. The quantitative estimate of drug-likeness (QED) is 0.827. The average Bonchev–Trinajstić information content (AvgIpc) is 2.93. The van der Waals surface area contributed by atoms with E-state index >= 15 is 0 Å². The van der Waals surface area contributed by atoms with Crippen LogP contribution in [0.3, 0.4) is 0 Å². The van der Waals surface area contributed by atoms with Crippen molar-refractivity contribution in [3.05, 3.63) is 18.2 Å². The Morgan fingerprint density at radius 1 is 1.30 bits per heavy atom.